The Hall–Kier alpha value is -2.41. The van der Waals surface area contributed by atoms with E-state index < -0.39 is 0 Å². The highest BCUT2D eigenvalue weighted by molar-refractivity contribution is 8.00. The van der Waals surface area contributed by atoms with E-state index in [1.807, 2.05) is 35.0 Å². The van der Waals surface area contributed by atoms with Crippen LogP contribution in [0.3, 0.4) is 0 Å². The maximum atomic E-state index is 12.8. The number of carbonyl (C=O) groups is 1. The largest absolute Gasteiger partial charge is 0.342 e. The van der Waals surface area contributed by atoms with Crippen molar-refractivity contribution < 1.29 is 4.79 Å². The standard InChI is InChI=1S/C22H25N5OS/c28-20(26-11-10-16-6-4-5-7-17(16)13-26)14-29-22-19-12-25-27(21(19)23-15-24-22)18-8-2-1-3-9-18/h1-3,8-9,12,15-17H,4-7,10-11,13-14H2. The van der Waals surface area contributed by atoms with E-state index in [0.717, 1.165) is 40.8 Å². The molecule has 2 aromatic heterocycles. The van der Waals surface area contributed by atoms with E-state index in [0.29, 0.717) is 11.7 Å². The zero-order chi connectivity index (χ0) is 19.6. The SMILES string of the molecule is O=C(CSc1ncnc2c1cnn2-c1ccccc1)N1CCC2CCCCC2C1. The van der Waals surface area contributed by atoms with Gasteiger partial charge in [0.1, 0.15) is 11.4 Å². The predicted molar refractivity (Wildman–Crippen MR) is 114 cm³/mol. The molecule has 2 unspecified atom stereocenters. The number of rotatable bonds is 4. The molecule has 0 spiro atoms. The van der Waals surface area contributed by atoms with Gasteiger partial charge in [0.25, 0.3) is 0 Å². The molecule has 1 amide bonds. The molecular weight excluding hydrogens is 382 g/mol. The maximum absolute atomic E-state index is 12.8. The Labute approximate surface area is 174 Å². The first kappa shape index (κ1) is 18.6. The second-order valence-electron chi connectivity index (χ2n) is 8.03. The molecule has 2 aliphatic rings. The summed E-state index contributed by atoms with van der Waals surface area (Å²) in [5.74, 6) is 2.19. The van der Waals surface area contributed by atoms with Gasteiger partial charge in [-0.15, -0.1) is 0 Å². The van der Waals surface area contributed by atoms with Crippen molar-refractivity contribution >= 4 is 28.7 Å². The first-order valence-corrected chi connectivity index (χ1v) is 11.4. The number of hydrogen-bond acceptors (Lipinski definition) is 5. The number of hydrogen-bond donors (Lipinski definition) is 0. The Kier molecular flexibility index (Phi) is 5.23. The number of benzene rings is 1. The molecule has 0 bridgehead atoms. The molecule has 0 radical (unpaired) electrons. The number of fused-ring (bicyclic) bond motifs is 2. The van der Waals surface area contributed by atoms with Crippen molar-refractivity contribution in [1.29, 1.82) is 0 Å². The summed E-state index contributed by atoms with van der Waals surface area (Å²) in [5, 5.41) is 6.20. The summed E-state index contributed by atoms with van der Waals surface area (Å²) in [5.41, 5.74) is 1.73. The van der Waals surface area contributed by atoms with Crippen LogP contribution in [0.2, 0.25) is 0 Å². The minimum atomic E-state index is 0.223. The quantitative estimate of drug-likeness (QED) is 0.484. The number of thioether (sulfide) groups is 1. The summed E-state index contributed by atoms with van der Waals surface area (Å²) >= 11 is 1.49. The van der Waals surface area contributed by atoms with Crippen LogP contribution in [0, 0.1) is 11.8 Å². The third-order valence-corrected chi connectivity index (χ3v) is 7.30. The van der Waals surface area contributed by atoms with Crippen LogP contribution < -0.4 is 0 Å². The maximum Gasteiger partial charge on any atom is 0.232 e. The van der Waals surface area contributed by atoms with Crippen molar-refractivity contribution in [3.8, 4) is 5.69 Å². The smallest absolute Gasteiger partial charge is 0.232 e. The Morgan fingerprint density at radius 1 is 1.07 bits per heavy atom. The minimum absolute atomic E-state index is 0.223. The van der Waals surface area contributed by atoms with Crippen LogP contribution in [-0.2, 0) is 4.79 Å². The minimum Gasteiger partial charge on any atom is -0.342 e. The summed E-state index contributed by atoms with van der Waals surface area (Å²) < 4.78 is 1.82. The van der Waals surface area contributed by atoms with E-state index in [1.54, 1.807) is 12.5 Å². The van der Waals surface area contributed by atoms with Crippen LogP contribution >= 0.6 is 11.8 Å². The van der Waals surface area contributed by atoms with E-state index in [9.17, 15) is 4.79 Å². The number of carbonyl (C=O) groups excluding carboxylic acids is 1. The van der Waals surface area contributed by atoms with E-state index in [1.165, 1.54) is 43.9 Å². The zero-order valence-electron chi connectivity index (χ0n) is 16.4. The van der Waals surface area contributed by atoms with Gasteiger partial charge in [-0.3, -0.25) is 4.79 Å². The molecule has 7 heteroatoms. The summed E-state index contributed by atoms with van der Waals surface area (Å²) in [6.07, 6.45) is 9.85. The van der Waals surface area contributed by atoms with Crippen molar-refractivity contribution in [3.05, 3.63) is 42.9 Å². The molecule has 150 valence electrons. The van der Waals surface area contributed by atoms with Crippen LogP contribution in [0.4, 0.5) is 0 Å². The molecule has 5 rings (SSSR count). The van der Waals surface area contributed by atoms with Crippen molar-refractivity contribution in [2.75, 3.05) is 18.8 Å². The van der Waals surface area contributed by atoms with Gasteiger partial charge in [0.05, 0.1) is 23.0 Å². The molecule has 1 saturated heterocycles. The van der Waals surface area contributed by atoms with Gasteiger partial charge >= 0.3 is 0 Å². The number of nitrogens with zero attached hydrogens (tertiary/aromatic N) is 5. The molecule has 1 aliphatic carbocycles. The number of amides is 1. The molecule has 1 aromatic carbocycles. The van der Waals surface area contributed by atoms with Gasteiger partial charge in [0.2, 0.25) is 5.91 Å². The topological polar surface area (TPSA) is 63.9 Å². The lowest BCUT2D eigenvalue weighted by Gasteiger charge is -2.41. The average molecular weight is 408 g/mol. The number of piperidine rings is 1. The summed E-state index contributed by atoms with van der Waals surface area (Å²) in [7, 11) is 0. The Morgan fingerprint density at radius 2 is 1.90 bits per heavy atom. The molecule has 3 heterocycles. The lowest BCUT2D eigenvalue weighted by molar-refractivity contribution is -0.131. The normalized spacial score (nSPS) is 21.9. The fourth-order valence-corrected chi connectivity index (χ4v) is 5.61. The Bertz CT molecular complexity index is 1000. The molecule has 2 atom stereocenters. The van der Waals surface area contributed by atoms with Crippen molar-refractivity contribution in [2.24, 2.45) is 11.8 Å². The molecule has 2 fully saturated rings. The van der Waals surface area contributed by atoms with E-state index >= 15 is 0 Å². The number of para-hydroxylation sites is 1. The lowest BCUT2D eigenvalue weighted by atomic mass is 9.75. The Balaban J connectivity index is 1.28. The third-order valence-electron chi connectivity index (χ3n) is 6.31. The lowest BCUT2D eigenvalue weighted by Crippen LogP contribution is -2.45. The number of likely N-dealkylation sites (tertiary alicyclic amines) is 1. The van der Waals surface area contributed by atoms with Crippen molar-refractivity contribution in [3.63, 3.8) is 0 Å². The van der Waals surface area contributed by atoms with Crippen LogP contribution in [0.25, 0.3) is 16.7 Å². The van der Waals surface area contributed by atoms with Crippen LogP contribution in [-0.4, -0.2) is 49.4 Å². The highest BCUT2D eigenvalue weighted by Gasteiger charge is 2.32. The summed E-state index contributed by atoms with van der Waals surface area (Å²) in [4.78, 5) is 23.8. The molecule has 3 aromatic rings. The van der Waals surface area contributed by atoms with Crippen molar-refractivity contribution in [2.45, 2.75) is 37.1 Å². The molecule has 1 saturated carbocycles. The van der Waals surface area contributed by atoms with Crippen LogP contribution in [0.15, 0.2) is 47.9 Å². The second kappa shape index (κ2) is 8.14. The second-order valence-corrected chi connectivity index (χ2v) is 8.99. The molecular formula is C22H25N5OS. The van der Waals surface area contributed by atoms with Crippen LogP contribution in [0.1, 0.15) is 32.1 Å². The first-order valence-electron chi connectivity index (χ1n) is 10.4. The average Bonchev–Trinajstić information content (AvgIpc) is 3.22. The Morgan fingerprint density at radius 3 is 2.76 bits per heavy atom. The summed E-state index contributed by atoms with van der Waals surface area (Å²) in [6.45, 7) is 1.85. The first-order chi connectivity index (χ1) is 14.3. The van der Waals surface area contributed by atoms with Gasteiger partial charge in [-0.05, 0) is 36.8 Å². The van der Waals surface area contributed by atoms with Gasteiger partial charge in [0, 0.05) is 13.1 Å². The van der Waals surface area contributed by atoms with Gasteiger partial charge in [-0.25, -0.2) is 14.6 Å². The monoisotopic (exact) mass is 407 g/mol. The van der Waals surface area contributed by atoms with Crippen LogP contribution in [0.5, 0.6) is 0 Å². The van der Waals surface area contributed by atoms with Gasteiger partial charge in [-0.1, -0.05) is 49.2 Å². The highest BCUT2D eigenvalue weighted by atomic mass is 32.2. The van der Waals surface area contributed by atoms with E-state index in [-0.39, 0.29) is 5.91 Å². The number of aromatic nitrogens is 4. The summed E-state index contributed by atoms with van der Waals surface area (Å²) in [6, 6.07) is 9.94. The highest BCUT2D eigenvalue weighted by Crippen LogP contribution is 2.36. The molecule has 0 N–H and O–H groups in total. The fraction of sp³-hybridized carbons (Fsp3) is 0.455. The van der Waals surface area contributed by atoms with Gasteiger partial charge in [-0.2, -0.15) is 5.10 Å². The van der Waals surface area contributed by atoms with E-state index in [4.69, 9.17) is 0 Å². The zero-order valence-corrected chi connectivity index (χ0v) is 17.2. The van der Waals surface area contributed by atoms with Gasteiger partial charge in [0.15, 0.2) is 5.65 Å². The van der Waals surface area contributed by atoms with Gasteiger partial charge < -0.3 is 4.90 Å². The fourth-order valence-electron chi connectivity index (χ4n) is 4.74. The molecule has 1 aliphatic heterocycles. The third kappa shape index (κ3) is 3.75. The van der Waals surface area contributed by atoms with Crippen molar-refractivity contribution in [1.82, 2.24) is 24.6 Å². The molecule has 6 nitrogen and oxygen atoms in total. The molecule has 29 heavy (non-hydrogen) atoms. The van der Waals surface area contributed by atoms with E-state index in [2.05, 4.69) is 20.0 Å². The predicted octanol–water partition coefficient (Wildman–Crippen LogP) is 3.95.